The van der Waals surface area contributed by atoms with Gasteiger partial charge in [0.25, 0.3) is 0 Å². The van der Waals surface area contributed by atoms with Crippen LogP contribution in [0, 0.1) is 0 Å². The van der Waals surface area contributed by atoms with E-state index in [9.17, 15) is 31.5 Å². The molecule has 1 amide bonds. The first-order valence-electron chi connectivity index (χ1n) is 12.6. The molecule has 10 nitrogen and oxygen atoms in total. The average molecular weight is 577 g/mol. The van der Waals surface area contributed by atoms with Crippen LogP contribution in [0.5, 0.6) is 0 Å². The van der Waals surface area contributed by atoms with Crippen LogP contribution in [0.25, 0.3) is 11.1 Å². The van der Waals surface area contributed by atoms with Crippen LogP contribution >= 0.6 is 0 Å². The third-order valence-electron chi connectivity index (χ3n) is 6.93. The number of β-amino-alcohol motifs (C(OH)–C–C–N with tert-alkyl or cyclic N) is 1. The largest absolute Gasteiger partial charge is 0.417 e. The van der Waals surface area contributed by atoms with Crippen molar-refractivity contribution in [2.75, 3.05) is 30.3 Å². The Morgan fingerprint density at radius 1 is 0.925 bits per heavy atom. The highest BCUT2D eigenvalue weighted by Crippen LogP contribution is 2.30. The zero-order chi connectivity index (χ0) is 28.5. The SMILES string of the molecule is O=C1NCC[C@@H]1Nc1ccc(-c2ccc(S(=O)(=O)N3CC[C@@H](Nc4ccc(C(F)(F)F)cn4)[C@@H](O)C3)cc2)cn1. The summed E-state index contributed by atoms with van der Waals surface area (Å²) in [7, 11) is -3.90. The van der Waals surface area contributed by atoms with E-state index in [1.165, 1.54) is 22.5 Å². The highest BCUT2D eigenvalue weighted by Gasteiger charge is 2.35. The fourth-order valence-corrected chi connectivity index (χ4v) is 6.13. The molecule has 3 aromatic rings. The maximum Gasteiger partial charge on any atom is 0.417 e. The monoisotopic (exact) mass is 576 g/mol. The molecule has 2 aliphatic heterocycles. The first-order valence-corrected chi connectivity index (χ1v) is 14.0. The fraction of sp³-hybridized carbons (Fsp3) is 0.346. The number of carbonyl (C=O) groups excluding carboxylic acids is 1. The van der Waals surface area contributed by atoms with E-state index in [-0.39, 0.29) is 42.2 Å². The van der Waals surface area contributed by atoms with Crippen LogP contribution in [0.15, 0.2) is 65.8 Å². The van der Waals surface area contributed by atoms with E-state index in [0.29, 0.717) is 25.0 Å². The van der Waals surface area contributed by atoms with E-state index in [1.54, 1.807) is 24.4 Å². The lowest BCUT2D eigenvalue weighted by Gasteiger charge is -2.35. The molecule has 4 N–H and O–H groups in total. The van der Waals surface area contributed by atoms with Crippen LogP contribution in [-0.4, -0.2) is 71.5 Å². The van der Waals surface area contributed by atoms with E-state index in [1.807, 2.05) is 6.07 Å². The third-order valence-corrected chi connectivity index (χ3v) is 8.81. The van der Waals surface area contributed by atoms with Gasteiger partial charge in [-0.15, -0.1) is 0 Å². The van der Waals surface area contributed by atoms with Crippen molar-refractivity contribution < 1.29 is 31.5 Å². The van der Waals surface area contributed by atoms with Crippen LogP contribution < -0.4 is 16.0 Å². The van der Waals surface area contributed by atoms with Gasteiger partial charge in [0.1, 0.15) is 17.7 Å². The number of rotatable bonds is 7. The molecule has 0 saturated carbocycles. The van der Waals surface area contributed by atoms with Crippen molar-refractivity contribution in [3.8, 4) is 11.1 Å². The van der Waals surface area contributed by atoms with Gasteiger partial charge < -0.3 is 21.1 Å². The molecule has 5 rings (SSSR count). The first kappa shape index (κ1) is 27.8. The van der Waals surface area contributed by atoms with Crippen LogP contribution in [0.1, 0.15) is 18.4 Å². The number of amides is 1. The van der Waals surface area contributed by atoms with Crippen LogP contribution in [-0.2, 0) is 21.0 Å². The van der Waals surface area contributed by atoms with Gasteiger partial charge in [-0.1, -0.05) is 12.1 Å². The molecule has 0 aliphatic carbocycles. The van der Waals surface area contributed by atoms with Crippen molar-refractivity contribution in [1.82, 2.24) is 19.6 Å². The zero-order valence-corrected chi connectivity index (χ0v) is 21.9. The van der Waals surface area contributed by atoms with Crippen molar-refractivity contribution in [3.05, 3.63) is 66.5 Å². The maximum absolute atomic E-state index is 13.2. The lowest BCUT2D eigenvalue weighted by molar-refractivity contribution is -0.137. The summed E-state index contributed by atoms with van der Waals surface area (Å²) < 4.78 is 65.9. The summed E-state index contributed by atoms with van der Waals surface area (Å²) in [5.74, 6) is 0.661. The highest BCUT2D eigenvalue weighted by molar-refractivity contribution is 7.89. The Kier molecular flexibility index (Phi) is 7.66. The summed E-state index contributed by atoms with van der Waals surface area (Å²) >= 11 is 0. The molecule has 212 valence electrons. The minimum absolute atomic E-state index is 0.0631. The average Bonchev–Trinajstić information content (AvgIpc) is 3.34. The topological polar surface area (TPSA) is 137 Å². The van der Waals surface area contributed by atoms with E-state index in [2.05, 4.69) is 25.9 Å². The van der Waals surface area contributed by atoms with Crippen molar-refractivity contribution in [2.45, 2.75) is 42.1 Å². The Labute approximate surface area is 228 Å². The number of hydrogen-bond acceptors (Lipinski definition) is 8. The summed E-state index contributed by atoms with van der Waals surface area (Å²) in [5, 5.41) is 19.3. The lowest BCUT2D eigenvalue weighted by Crippen LogP contribution is -2.51. The molecule has 3 atom stereocenters. The molecule has 2 aliphatic rings. The molecular formula is C26H27F3N6O4S. The van der Waals surface area contributed by atoms with Gasteiger partial charge in [-0.3, -0.25) is 4.79 Å². The maximum atomic E-state index is 13.2. The molecule has 0 unspecified atom stereocenters. The molecule has 1 aromatic carbocycles. The van der Waals surface area contributed by atoms with Gasteiger partial charge in [0.2, 0.25) is 15.9 Å². The second-order valence-electron chi connectivity index (χ2n) is 9.63. The van der Waals surface area contributed by atoms with Crippen molar-refractivity contribution in [2.24, 2.45) is 0 Å². The number of aromatic nitrogens is 2. The number of benzene rings is 1. The molecule has 2 aromatic heterocycles. The molecular weight excluding hydrogens is 549 g/mol. The lowest BCUT2D eigenvalue weighted by atomic mass is 10.0. The number of anilines is 2. The van der Waals surface area contributed by atoms with E-state index in [0.717, 1.165) is 17.2 Å². The first-order chi connectivity index (χ1) is 19.0. The second kappa shape index (κ2) is 11.0. The summed E-state index contributed by atoms with van der Waals surface area (Å²) in [6.07, 6.45) is -2.35. The van der Waals surface area contributed by atoms with Crippen LogP contribution in [0.3, 0.4) is 0 Å². The standard InChI is InChI=1S/C26H27F3N6O4S/c27-26(28,29)18-4-8-24(32-14-18)33-20-10-12-35(15-22(20)36)40(38,39)19-5-1-16(2-6-19)17-3-7-23(31-13-17)34-21-9-11-30-25(21)37/h1-8,13-14,20-22,36H,9-12,15H2,(H,30,37)(H,31,34)(H,32,33)/t20-,21+,22+/m1/s1. The quantitative estimate of drug-likeness (QED) is 0.337. The minimum atomic E-state index is -4.50. The molecule has 0 bridgehead atoms. The molecule has 2 fully saturated rings. The Morgan fingerprint density at radius 3 is 2.17 bits per heavy atom. The number of sulfonamides is 1. The zero-order valence-electron chi connectivity index (χ0n) is 21.1. The highest BCUT2D eigenvalue weighted by atomic mass is 32.2. The molecule has 0 spiro atoms. The Morgan fingerprint density at radius 2 is 1.60 bits per heavy atom. The smallest absolute Gasteiger partial charge is 0.390 e. The van der Waals surface area contributed by atoms with Gasteiger partial charge in [-0.2, -0.15) is 17.5 Å². The number of piperidine rings is 1. The third kappa shape index (κ3) is 6.03. The van der Waals surface area contributed by atoms with Gasteiger partial charge in [0.05, 0.1) is 22.6 Å². The van der Waals surface area contributed by atoms with E-state index < -0.39 is 33.9 Å². The Balaban J connectivity index is 1.19. The summed E-state index contributed by atoms with van der Waals surface area (Å²) in [5.41, 5.74) is 0.638. The van der Waals surface area contributed by atoms with Crippen LogP contribution in [0.4, 0.5) is 24.8 Å². The molecule has 40 heavy (non-hydrogen) atoms. The van der Waals surface area contributed by atoms with Gasteiger partial charge in [-0.05, 0) is 54.8 Å². The number of pyridine rings is 2. The molecule has 4 heterocycles. The molecule has 2 saturated heterocycles. The number of nitrogens with zero attached hydrogens (tertiary/aromatic N) is 3. The number of alkyl halides is 3. The predicted octanol–water partition coefficient (Wildman–Crippen LogP) is 2.70. The number of aliphatic hydroxyl groups excluding tert-OH is 1. The van der Waals surface area contributed by atoms with E-state index >= 15 is 0 Å². The number of aliphatic hydroxyl groups is 1. The fourth-order valence-electron chi connectivity index (χ4n) is 4.65. The van der Waals surface area contributed by atoms with Gasteiger partial charge >= 0.3 is 6.18 Å². The van der Waals surface area contributed by atoms with Crippen molar-refractivity contribution in [1.29, 1.82) is 0 Å². The van der Waals surface area contributed by atoms with Crippen LogP contribution in [0.2, 0.25) is 0 Å². The summed E-state index contributed by atoms with van der Waals surface area (Å²) in [4.78, 5) is 19.9. The van der Waals surface area contributed by atoms with Crippen molar-refractivity contribution >= 4 is 27.6 Å². The number of carbonyl (C=O) groups is 1. The second-order valence-corrected chi connectivity index (χ2v) is 11.6. The number of nitrogens with one attached hydrogen (secondary N) is 3. The minimum Gasteiger partial charge on any atom is -0.390 e. The van der Waals surface area contributed by atoms with Gasteiger partial charge in [0.15, 0.2) is 0 Å². The summed E-state index contributed by atoms with van der Waals surface area (Å²) in [6, 6.07) is 11.1. The van der Waals surface area contributed by atoms with Gasteiger partial charge in [-0.25, -0.2) is 18.4 Å². The Bertz CT molecular complexity index is 1450. The normalized spacial score (nSPS) is 22.1. The summed E-state index contributed by atoms with van der Waals surface area (Å²) in [6.45, 7) is 0.550. The predicted molar refractivity (Wildman–Crippen MR) is 141 cm³/mol. The Hall–Kier alpha value is -3.75. The van der Waals surface area contributed by atoms with Crippen molar-refractivity contribution in [3.63, 3.8) is 0 Å². The van der Waals surface area contributed by atoms with E-state index in [4.69, 9.17) is 0 Å². The number of halogens is 3. The van der Waals surface area contributed by atoms with Gasteiger partial charge in [0, 0.05) is 37.6 Å². The molecule has 0 radical (unpaired) electrons. The number of hydrogen-bond donors (Lipinski definition) is 4. The molecule has 14 heteroatoms.